The Morgan fingerprint density at radius 1 is 1.43 bits per heavy atom. The number of benzene rings is 1. The van der Waals surface area contributed by atoms with E-state index in [4.69, 9.17) is 11.6 Å². The number of hydrogen-bond acceptors (Lipinski definition) is 2. The lowest BCUT2D eigenvalue weighted by Crippen LogP contribution is -1.80. The molecule has 0 atom stereocenters. The Morgan fingerprint density at radius 3 is 3.14 bits per heavy atom. The molecule has 14 heavy (non-hydrogen) atoms. The predicted molar refractivity (Wildman–Crippen MR) is 63.1 cm³/mol. The summed E-state index contributed by atoms with van der Waals surface area (Å²) in [6.45, 7) is 0. The van der Waals surface area contributed by atoms with Gasteiger partial charge in [-0.2, -0.15) is 0 Å². The van der Waals surface area contributed by atoms with E-state index in [1.165, 1.54) is 16.0 Å². The van der Waals surface area contributed by atoms with Crippen LogP contribution in [0.2, 0.25) is 5.02 Å². The Hall–Kier alpha value is -0.380. The molecule has 1 heterocycles. The van der Waals surface area contributed by atoms with Crippen molar-refractivity contribution in [3.63, 3.8) is 0 Å². The van der Waals surface area contributed by atoms with Gasteiger partial charge in [0.1, 0.15) is 0 Å². The fourth-order valence-corrected chi connectivity index (χ4v) is 3.54. The summed E-state index contributed by atoms with van der Waals surface area (Å²) in [4.78, 5) is 5.78. The maximum absolute atomic E-state index is 5.94. The first-order valence-corrected chi connectivity index (χ1v) is 6.17. The number of fused-ring (bicyclic) bond motifs is 3. The molecule has 4 heteroatoms. The van der Waals surface area contributed by atoms with E-state index < -0.39 is 0 Å². The van der Waals surface area contributed by atoms with Gasteiger partial charge in [0.2, 0.25) is 0 Å². The maximum atomic E-state index is 5.94. The third-order valence-electron chi connectivity index (χ3n) is 2.34. The SMILES string of the molecule is Clc1ccc2c(c1)Cc1sc(Br)nc1-2. The molecule has 0 saturated heterocycles. The van der Waals surface area contributed by atoms with Crippen molar-refractivity contribution in [2.24, 2.45) is 0 Å². The van der Waals surface area contributed by atoms with E-state index in [1.54, 1.807) is 11.3 Å². The lowest BCUT2D eigenvalue weighted by Gasteiger charge is -1.98. The van der Waals surface area contributed by atoms with Crippen LogP contribution in [0.5, 0.6) is 0 Å². The second-order valence-electron chi connectivity index (χ2n) is 3.22. The van der Waals surface area contributed by atoms with Crippen LogP contribution in [0.15, 0.2) is 22.1 Å². The molecule has 0 amide bonds. The molecule has 1 aliphatic rings. The van der Waals surface area contributed by atoms with Crippen molar-refractivity contribution >= 4 is 38.9 Å². The fraction of sp³-hybridized carbons (Fsp3) is 0.100. The van der Waals surface area contributed by atoms with Gasteiger partial charge in [0.25, 0.3) is 0 Å². The van der Waals surface area contributed by atoms with E-state index in [0.29, 0.717) is 0 Å². The van der Waals surface area contributed by atoms with Crippen LogP contribution in [0.4, 0.5) is 0 Å². The van der Waals surface area contributed by atoms with Gasteiger partial charge >= 0.3 is 0 Å². The number of halogens is 2. The summed E-state index contributed by atoms with van der Waals surface area (Å²) in [5.74, 6) is 0. The summed E-state index contributed by atoms with van der Waals surface area (Å²) in [6.07, 6.45) is 0.967. The quantitative estimate of drug-likeness (QED) is 0.605. The van der Waals surface area contributed by atoms with Crippen molar-refractivity contribution < 1.29 is 0 Å². The molecule has 0 unspecified atom stereocenters. The highest BCUT2D eigenvalue weighted by Crippen LogP contribution is 2.41. The van der Waals surface area contributed by atoms with E-state index in [-0.39, 0.29) is 0 Å². The lowest BCUT2D eigenvalue weighted by atomic mass is 10.1. The van der Waals surface area contributed by atoms with E-state index in [1.807, 2.05) is 12.1 Å². The topological polar surface area (TPSA) is 12.9 Å². The Labute approximate surface area is 98.9 Å². The standard InChI is InChI=1S/C10H5BrClNS/c11-10-13-9-7-2-1-6(12)3-5(7)4-8(9)14-10/h1-3H,4H2. The number of hydrogen-bond donors (Lipinski definition) is 0. The van der Waals surface area contributed by atoms with Gasteiger partial charge in [0, 0.05) is 21.9 Å². The summed E-state index contributed by atoms with van der Waals surface area (Å²) in [6, 6.07) is 6.00. The molecule has 2 aromatic rings. The van der Waals surface area contributed by atoms with Crippen LogP contribution in [0.1, 0.15) is 10.4 Å². The van der Waals surface area contributed by atoms with Crippen LogP contribution in [-0.2, 0) is 6.42 Å². The van der Waals surface area contributed by atoms with Gasteiger partial charge in [0.15, 0.2) is 3.92 Å². The molecule has 0 fully saturated rings. The van der Waals surface area contributed by atoms with Crippen molar-refractivity contribution in [3.05, 3.63) is 37.6 Å². The Balaban J connectivity index is 2.25. The smallest absolute Gasteiger partial charge is 0.160 e. The number of aromatic nitrogens is 1. The molecule has 1 aromatic carbocycles. The molecular weight excluding hydrogens is 282 g/mol. The fourth-order valence-electron chi connectivity index (χ4n) is 1.77. The third-order valence-corrected chi connectivity index (χ3v) is 4.09. The second-order valence-corrected chi connectivity index (χ2v) is 6.01. The zero-order valence-electron chi connectivity index (χ0n) is 7.05. The third kappa shape index (κ3) is 1.23. The highest BCUT2D eigenvalue weighted by Gasteiger charge is 2.22. The molecule has 0 bridgehead atoms. The minimum atomic E-state index is 0.804. The maximum Gasteiger partial charge on any atom is 0.160 e. The van der Waals surface area contributed by atoms with Crippen LogP contribution < -0.4 is 0 Å². The Bertz CT molecular complexity index is 521. The minimum absolute atomic E-state index is 0.804. The molecule has 3 rings (SSSR count). The van der Waals surface area contributed by atoms with Crippen LogP contribution in [0.25, 0.3) is 11.3 Å². The number of rotatable bonds is 0. The van der Waals surface area contributed by atoms with Crippen LogP contribution in [-0.4, -0.2) is 4.98 Å². The number of nitrogens with zero attached hydrogens (tertiary/aromatic N) is 1. The lowest BCUT2D eigenvalue weighted by molar-refractivity contribution is 1.31. The average molecular weight is 287 g/mol. The molecule has 0 spiro atoms. The zero-order chi connectivity index (χ0) is 9.71. The summed E-state index contributed by atoms with van der Waals surface area (Å²) in [5, 5.41) is 0.804. The molecule has 1 aliphatic carbocycles. The molecule has 0 saturated carbocycles. The monoisotopic (exact) mass is 285 g/mol. The van der Waals surface area contributed by atoms with Gasteiger partial charge in [-0.15, -0.1) is 11.3 Å². The predicted octanol–water partition coefficient (Wildman–Crippen LogP) is 4.13. The summed E-state index contributed by atoms with van der Waals surface area (Å²) in [5.41, 5.74) is 3.64. The summed E-state index contributed by atoms with van der Waals surface area (Å²) in [7, 11) is 0. The number of thiazole rings is 1. The van der Waals surface area contributed by atoms with Crippen molar-refractivity contribution in [2.75, 3.05) is 0 Å². The van der Waals surface area contributed by atoms with E-state index in [9.17, 15) is 0 Å². The first kappa shape index (κ1) is 8.89. The first-order chi connectivity index (χ1) is 6.74. The molecule has 1 nitrogen and oxygen atoms in total. The van der Waals surface area contributed by atoms with E-state index in [0.717, 1.165) is 21.1 Å². The van der Waals surface area contributed by atoms with Gasteiger partial charge in [-0.1, -0.05) is 17.7 Å². The largest absolute Gasteiger partial charge is 0.229 e. The highest BCUT2D eigenvalue weighted by molar-refractivity contribution is 9.11. The zero-order valence-corrected chi connectivity index (χ0v) is 10.2. The van der Waals surface area contributed by atoms with Crippen molar-refractivity contribution in [3.8, 4) is 11.3 Å². The van der Waals surface area contributed by atoms with Gasteiger partial charge < -0.3 is 0 Å². The van der Waals surface area contributed by atoms with Gasteiger partial charge in [-0.05, 0) is 33.6 Å². The molecule has 70 valence electrons. The molecule has 1 aromatic heterocycles. The summed E-state index contributed by atoms with van der Waals surface area (Å²) < 4.78 is 0.961. The Morgan fingerprint density at radius 2 is 2.29 bits per heavy atom. The van der Waals surface area contributed by atoms with E-state index >= 15 is 0 Å². The van der Waals surface area contributed by atoms with E-state index in [2.05, 4.69) is 27.0 Å². The van der Waals surface area contributed by atoms with Crippen LogP contribution in [0.3, 0.4) is 0 Å². The molecular formula is C10H5BrClNS. The van der Waals surface area contributed by atoms with Crippen molar-refractivity contribution in [1.29, 1.82) is 0 Å². The van der Waals surface area contributed by atoms with Crippen molar-refractivity contribution in [1.82, 2.24) is 4.98 Å². The molecule has 0 aliphatic heterocycles. The molecule has 0 N–H and O–H groups in total. The van der Waals surface area contributed by atoms with Gasteiger partial charge in [-0.25, -0.2) is 4.98 Å². The van der Waals surface area contributed by atoms with Crippen LogP contribution in [0, 0.1) is 0 Å². The van der Waals surface area contributed by atoms with Gasteiger partial charge in [-0.3, -0.25) is 0 Å². The first-order valence-electron chi connectivity index (χ1n) is 4.18. The van der Waals surface area contributed by atoms with Crippen LogP contribution >= 0.6 is 38.9 Å². The van der Waals surface area contributed by atoms with Crippen molar-refractivity contribution in [2.45, 2.75) is 6.42 Å². The average Bonchev–Trinajstić information content (AvgIpc) is 2.59. The summed E-state index contributed by atoms with van der Waals surface area (Å²) >= 11 is 11.0. The highest BCUT2D eigenvalue weighted by atomic mass is 79.9. The normalized spacial score (nSPS) is 12.7. The Kier molecular flexibility index (Phi) is 1.94. The second kappa shape index (κ2) is 3.05. The van der Waals surface area contributed by atoms with Gasteiger partial charge in [0.05, 0.1) is 5.69 Å². The molecule has 0 radical (unpaired) electrons. The minimum Gasteiger partial charge on any atom is -0.229 e.